The Bertz CT molecular complexity index is 391. The number of carbonyl (C=O) groups excluding carboxylic acids is 1. The number of carbonyl (C=O) groups is 1. The Balaban J connectivity index is 2.64. The van der Waals surface area contributed by atoms with Gasteiger partial charge >= 0.3 is 0 Å². The number of benzene rings is 1. The molecule has 0 saturated carbocycles. The van der Waals surface area contributed by atoms with Crippen LogP contribution in [0.5, 0.6) is 0 Å². The summed E-state index contributed by atoms with van der Waals surface area (Å²) in [6, 6.07) is 2.53. The van der Waals surface area contributed by atoms with Crippen LogP contribution in [0.15, 0.2) is 12.1 Å². The van der Waals surface area contributed by atoms with Gasteiger partial charge in [-0.25, -0.2) is 4.39 Å². The van der Waals surface area contributed by atoms with Crippen molar-refractivity contribution < 1.29 is 9.18 Å². The molecule has 1 aromatic rings. The SMILES string of the molecule is [B]c1cc(F)cc2c1C(=O)N(C)C2. The van der Waals surface area contributed by atoms with Gasteiger partial charge in [-0.05, 0) is 17.7 Å². The van der Waals surface area contributed by atoms with Gasteiger partial charge in [0, 0.05) is 19.2 Å². The molecule has 0 fully saturated rings. The summed E-state index contributed by atoms with van der Waals surface area (Å²) in [5.41, 5.74) is 1.35. The molecule has 2 nitrogen and oxygen atoms in total. The summed E-state index contributed by atoms with van der Waals surface area (Å²) in [5.74, 6) is -0.521. The maximum Gasteiger partial charge on any atom is 0.253 e. The first kappa shape index (κ1) is 8.29. The molecule has 1 aliphatic heterocycles. The molecule has 0 bridgehead atoms. The summed E-state index contributed by atoms with van der Waals surface area (Å²) in [4.78, 5) is 13.0. The van der Waals surface area contributed by atoms with Crippen LogP contribution in [0.25, 0.3) is 0 Å². The molecule has 0 spiro atoms. The lowest BCUT2D eigenvalue weighted by Gasteiger charge is -2.05. The second-order valence-electron chi connectivity index (χ2n) is 3.19. The Morgan fingerprint density at radius 1 is 1.54 bits per heavy atom. The zero-order valence-corrected chi connectivity index (χ0v) is 7.17. The van der Waals surface area contributed by atoms with Gasteiger partial charge in [0.25, 0.3) is 5.91 Å². The van der Waals surface area contributed by atoms with Crippen molar-refractivity contribution >= 4 is 19.2 Å². The molecule has 1 amide bonds. The average molecular weight is 175 g/mol. The van der Waals surface area contributed by atoms with Gasteiger partial charge in [0.2, 0.25) is 0 Å². The highest BCUT2D eigenvalue weighted by atomic mass is 19.1. The normalized spacial score (nSPS) is 14.9. The van der Waals surface area contributed by atoms with E-state index in [9.17, 15) is 9.18 Å². The van der Waals surface area contributed by atoms with E-state index in [1.54, 1.807) is 7.05 Å². The topological polar surface area (TPSA) is 20.3 Å². The van der Waals surface area contributed by atoms with Gasteiger partial charge in [-0.3, -0.25) is 4.79 Å². The Labute approximate surface area is 76.8 Å². The Morgan fingerprint density at radius 2 is 2.23 bits per heavy atom. The molecule has 1 aromatic carbocycles. The predicted octanol–water partition coefficient (Wildman–Crippen LogP) is 0.205. The molecular weight excluding hydrogens is 168 g/mol. The molecule has 2 radical (unpaired) electrons. The fourth-order valence-electron chi connectivity index (χ4n) is 1.59. The molecule has 0 unspecified atom stereocenters. The number of nitrogens with zero attached hydrogens (tertiary/aromatic N) is 1. The summed E-state index contributed by atoms with van der Waals surface area (Å²) in [6.07, 6.45) is 0. The van der Waals surface area contributed by atoms with E-state index >= 15 is 0 Å². The van der Waals surface area contributed by atoms with Crippen LogP contribution in [0.1, 0.15) is 15.9 Å². The standard InChI is InChI=1S/C9H7BFNO/c1-12-4-5-2-6(11)3-7(10)8(5)9(12)13/h2-3H,4H2,1H3. The lowest BCUT2D eigenvalue weighted by atomic mass is 9.88. The first-order valence-corrected chi connectivity index (χ1v) is 3.93. The number of fused-ring (bicyclic) bond motifs is 1. The Morgan fingerprint density at radius 3 is 2.92 bits per heavy atom. The van der Waals surface area contributed by atoms with Gasteiger partial charge in [-0.1, -0.05) is 5.46 Å². The van der Waals surface area contributed by atoms with Crippen molar-refractivity contribution in [1.29, 1.82) is 0 Å². The molecule has 0 atom stereocenters. The quantitative estimate of drug-likeness (QED) is 0.516. The summed E-state index contributed by atoms with van der Waals surface area (Å²) < 4.78 is 12.9. The van der Waals surface area contributed by atoms with Crippen molar-refractivity contribution in [2.24, 2.45) is 0 Å². The van der Waals surface area contributed by atoms with E-state index in [1.807, 2.05) is 0 Å². The minimum absolute atomic E-state index is 0.132. The van der Waals surface area contributed by atoms with E-state index in [0.29, 0.717) is 17.7 Å². The third-order valence-electron chi connectivity index (χ3n) is 2.18. The fourth-order valence-corrected chi connectivity index (χ4v) is 1.59. The van der Waals surface area contributed by atoms with Gasteiger partial charge in [0.05, 0.1) is 0 Å². The molecule has 13 heavy (non-hydrogen) atoms. The van der Waals surface area contributed by atoms with E-state index in [1.165, 1.54) is 17.0 Å². The monoisotopic (exact) mass is 175 g/mol. The van der Waals surface area contributed by atoms with Crippen LogP contribution in [0.2, 0.25) is 0 Å². The van der Waals surface area contributed by atoms with E-state index in [2.05, 4.69) is 0 Å². The van der Waals surface area contributed by atoms with Crippen LogP contribution in [-0.4, -0.2) is 25.7 Å². The average Bonchev–Trinajstić information content (AvgIpc) is 2.27. The van der Waals surface area contributed by atoms with Gasteiger partial charge < -0.3 is 4.90 Å². The molecular formula is C9H7BFNO. The maximum absolute atomic E-state index is 12.9. The molecule has 0 aromatic heterocycles. The van der Waals surface area contributed by atoms with Crippen molar-refractivity contribution in [3.63, 3.8) is 0 Å². The maximum atomic E-state index is 12.9. The molecule has 0 saturated heterocycles. The summed E-state index contributed by atoms with van der Waals surface area (Å²) >= 11 is 0. The van der Waals surface area contributed by atoms with Crippen molar-refractivity contribution in [3.8, 4) is 0 Å². The number of rotatable bonds is 0. The second kappa shape index (κ2) is 2.59. The number of hydrogen-bond donors (Lipinski definition) is 0. The summed E-state index contributed by atoms with van der Waals surface area (Å²) in [5, 5.41) is 0. The van der Waals surface area contributed by atoms with E-state index < -0.39 is 0 Å². The molecule has 1 heterocycles. The highest BCUT2D eigenvalue weighted by molar-refractivity contribution is 6.37. The van der Waals surface area contributed by atoms with Crippen LogP contribution in [0.3, 0.4) is 0 Å². The summed E-state index contributed by atoms with van der Waals surface area (Å²) in [7, 11) is 7.20. The van der Waals surface area contributed by atoms with E-state index in [-0.39, 0.29) is 17.2 Å². The van der Waals surface area contributed by atoms with Crippen molar-refractivity contribution in [3.05, 3.63) is 29.1 Å². The van der Waals surface area contributed by atoms with E-state index in [0.717, 1.165) is 0 Å². The smallest absolute Gasteiger partial charge is 0.253 e. The third kappa shape index (κ3) is 1.13. The number of halogens is 1. The largest absolute Gasteiger partial charge is 0.337 e. The molecule has 64 valence electrons. The second-order valence-corrected chi connectivity index (χ2v) is 3.19. The van der Waals surface area contributed by atoms with Gasteiger partial charge in [-0.2, -0.15) is 0 Å². The number of hydrogen-bond acceptors (Lipinski definition) is 1. The first-order valence-electron chi connectivity index (χ1n) is 3.93. The van der Waals surface area contributed by atoms with E-state index in [4.69, 9.17) is 7.85 Å². The van der Waals surface area contributed by atoms with Crippen LogP contribution in [0.4, 0.5) is 4.39 Å². The lowest BCUT2D eigenvalue weighted by molar-refractivity contribution is 0.0817. The minimum atomic E-state index is -0.389. The van der Waals surface area contributed by atoms with Crippen LogP contribution in [0, 0.1) is 5.82 Å². The third-order valence-corrected chi connectivity index (χ3v) is 2.18. The van der Waals surface area contributed by atoms with Crippen molar-refractivity contribution in [1.82, 2.24) is 4.90 Å². The van der Waals surface area contributed by atoms with Gasteiger partial charge in [0.15, 0.2) is 0 Å². The molecule has 4 heteroatoms. The lowest BCUT2D eigenvalue weighted by Crippen LogP contribution is -2.22. The number of amides is 1. The highest BCUT2D eigenvalue weighted by Crippen LogP contribution is 2.19. The molecule has 0 aliphatic carbocycles. The molecule has 2 rings (SSSR count). The van der Waals surface area contributed by atoms with Crippen LogP contribution < -0.4 is 5.46 Å². The minimum Gasteiger partial charge on any atom is -0.337 e. The van der Waals surface area contributed by atoms with Crippen molar-refractivity contribution in [2.45, 2.75) is 6.54 Å². The first-order chi connectivity index (χ1) is 6.09. The fraction of sp³-hybridized carbons (Fsp3) is 0.222. The summed E-state index contributed by atoms with van der Waals surface area (Å²) in [6.45, 7) is 0.441. The zero-order chi connectivity index (χ0) is 9.59. The predicted molar refractivity (Wildman–Crippen MR) is 47.6 cm³/mol. The molecule has 0 N–H and O–H groups in total. The Kier molecular flexibility index (Phi) is 1.65. The van der Waals surface area contributed by atoms with Crippen LogP contribution in [-0.2, 0) is 6.54 Å². The molecule has 1 aliphatic rings. The van der Waals surface area contributed by atoms with Crippen molar-refractivity contribution in [2.75, 3.05) is 7.05 Å². The van der Waals surface area contributed by atoms with Gasteiger partial charge in [-0.15, -0.1) is 0 Å². The zero-order valence-electron chi connectivity index (χ0n) is 7.17. The van der Waals surface area contributed by atoms with Crippen LogP contribution >= 0.6 is 0 Å². The van der Waals surface area contributed by atoms with Gasteiger partial charge in [0.1, 0.15) is 13.7 Å². The highest BCUT2D eigenvalue weighted by Gasteiger charge is 2.26. The Hall–Kier alpha value is -1.32.